The van der Waals surface area contributed by atoms with Gasteiger partial charge in [-0.3, -0.25) is 14.4 Å². The Morgan fingerprint density at radius 1 is 0.925 bits per heavy atom. The molecule has 4 rings (SSSR count). The van der Waals surface area contributed by atoms with Gasteiger partial charge in [-0.05, 0) is 69.5 Å². The van der Waals surface area contributed by atoms with Gasteiger partial charge in [0.25, 0.3) is 11.8 Å². The number of nitrogens with zero attached hydrogens (tertiary/aromatic N) is 4. The number of nitrogens with one attached hydrogen (secondary N) is 2. The van der Waals surface area contributed by atoms with Gasteiger partial charge in [-0.25, -0.2) is 4.98 Å². The van der Waals surface area contributed by atoms with Crippen molar-refractivity contribution in [2.45, 2.75) is 52.1 Å². The monoisotopic (exact) mass is 550 g/mol. The van der Waals surface area contributed by atoms with E-state index in [4.69, 9.17) is 0 Å². The minimum atomic E-state index is -0.224. The molecule has 2 fully saturated rings. The average molecular weight is 551 g/mol. The Morgan fingerprint density at radius 3 is 2.02 bits per heavy atom. The lowest BCUT2D eigenvalue weighted by Crippen LogP contribution is -2.49. The molecule has 0 aliphatic carbocycles. The molecule has 1 aromatic carbocycles. The topological polar surface area (TPSA) is 118 Å². The number of likely N-dealkylation sites (tertiary alicyclic amines) is 1. The van der Waals surface area contributed by atoms with Crippen LogP contribution in [-0.4, -0.2) is 95.6 Å². The number of aliphatic hydroxyl groups excluding tert-OH is 1. The number of hydrogen-bond acceptors (Lipinski definition) is 7. The van der Waals surface area contributed by atoms with Crippen molar-refractivity contribution in [1.82, 2.24) is 20.1 Å². The number of carbonyl (C=O) groups is 3. The summed E-state index contributed by atoms with van der Waals surface area (Å²) in [5.74, 6) is 0.575. The SMILES string of the molecule is CC[C@H](CO)NC(=O)C1CCN(C(=O)c2ccc(C(=O)N3CCN(c4ncccc4NC(C)C)CC3)cc2)CC1. The van der Waals surface area contributed by atoms with Crippen molar-refractivity contribution in [3.05, 3.63) is 53.7 Å². The molecule has 2 saturated heterocycles. The van der Waals surface area contributed by atoms with E-state index >= 15 is 0 Å². The second-order valence-electron chi connectivity index (χ2n) is 10.9. The van der Waals surface area contributed by atoms with E-state index in [1.54, 1.807) is 35.4 Å². The molecule has 0 spiro atoms. The molecule has 10 heteroatoms. The minimum absolute atomic E-state index is 0.0414. The van der Waals surface area contributed by atoms with Crippen LogP contribution in [0.15, 0.2) is 42.6 Å². The Bertz CT molecular complexity index is 1150. The van der Waals surface area contributed by atoms with E-state index in [2.05, 4.69) is 34.4 Å². The van der Waals surface area contributed by atoms with Gasteiger partial charge in [-0.15, -0.1) is 0 Å². The summed E-state index contributed by atoms with van der Waals surface area (Å²) in [5.41, 5.74) is 2.10. The van der Waals surface area contributed by atoms with Crippen molar-refractivity contribution >= 4 is 29.2 Å². The van der Waals surface area contributed by atoms with Gasteiger partial charge in [0.1, 0.15) is 0 Å². The molecule has 3 amide bonds. The van der Waals surface area contributed by atoms with Crippen LogP contribution in [0.3, 0.4) is 0 Å². The number of piperazine rings is 1. The van der Waals surface area contributed by atoms with E-state index in [-0.39, 0.29) is 36.3 Å². The predicted molar refractivity (Wildman–Crippen MR) is 155 cm³/mol. The normalized spacial score (nSPS) is 17.1. The van der Waals surface area contributed by atoms with Crippen LogP contribution in [0.5, 0.6) is 0 Å². The fourth-order valence-electron chi connectivity index (χ4n) is 5.26. The van der Waals surface area contributed by atoms with E-state index < -0.39 is 0 Å². The molecule has 1 atom stereocenters. The first-order valence-corrected chi connectivity index (χ1v) is 14.4. The van der Waals surface area contributed by atoms with Gasteiger partial charge in [-0.2, -0.15) is 0 Å². The number of rotatable bonds is 9. The largest absolute Gasteiger partial charge is 0.394 e. The Hall–Kier alpha value is -3.66. The minimum Gasteiger partial charge on any atom is -0.394 e. The number of pyridine rings is 1. The molecule has 3 N–H and O–H groups in total. The molecule has 3 heterocycles. The van der Waals surface area contributed by atoms with E-state index in [0.717, 1.165) is 11.5 Å². The highest BCUT2D eigenvalue weighted by Crippen LogP contribution is 2.25. The fraction of sp³-hybridized carbons (Fsp3) is 0.533. The molecule has 0 unspecified atom stereocenters. The summed E-state index contributed by atoms with van der Waals surface area (Å²) in [6.45, 7) is 9.62. The third kappa shape index (κ3) is 7.10. The molecule has 0 saturated carbocycles. The summed E-state index contributed by atoms with van der Waals surface area (Å²) >= 11 is 0. The van der Waals surface area contributed by atoms with Gasteiger partial charge >= 0.3 is 0 Å². The molecule has 216 valence electrons. The summed E-state index contributed by atoms with van der Waals surface area (Å²) in [7, 11) is 0. The van der Waals surface area contributed by atoms with E-state index in [1.807, 2.05) is 24.0 Å². The Balaban J connectivity index is 1.28. The second kappa shape index (κ2) is 13.6. The maximum absolute atomic E-state index is 13.2. The lowest BCUT2D eigenvalue weighted by atomic mass is 9.95. The Kier molecular flexibility index (Phi) is 9.98. The number of amides is 3. The molecule has 0 bridgehead atoms. The van der Waals surface area contributed by atoms with Crippen LogP contribution in [0.25, 0.3) is 0 Å². The van der Waals surface area contributed by atoms with E-state index in [0.29, 0.717) is 75.7 Å². The molecule has 2 aliphatic rings. The van der Waals surface area contributed by atoms with Crippen LogP contribution in [-0.2, 0) is 4.79 Å². The molecule has 1 aromatic heterocycles. The first-order valence-electron chi connectivity index (χ1n) is 14.4. The van der Waals surface area contributed by atoms with Crippen LogP contribution in [0, 0.1) is 5.92 Å². The van der Waals surface area contributed by atoms with Gasteiger partial charge in [-0.1, -0.05) is 6.92 Å². The lowest BCUT2D eigenvalue weighted by Gasteiger charge is -2.36. The van der Waals surface area contributed by atoms with Crippen molar-refractivity contribution < 1.29 is 19.5 Å². The fourth-order valence-corrected chi connectivity index (χ4v) is 5.26. The maximum Gasteiger partial charge on any atom is 0.253 e. The van der Waals surface area contributed by atoms with Gasteiger partial charge in [0.15, 0.2) is 5.82 Å². The quantitative estimate of drug-likeness (QED) is 0.439. The zero-order chi connectivity index (χ0) is 28.6. The summed E-state index contributed by atoms with van der Waals surface area (Å²) in [5, 5.41) is 15.7. The smallest absolute Gasteiger partial charge is 0.253 e. The molecule has 2 aliphatic heterocycles. The second-order valence-corrected chi connectivity index (χ2v) is 10.9. The van der Waals surface area contributed by atoms with E-state index in [1.165, 1.54) is 0 Å². The van der Waals surface area contributed by atoms with Crippen LogP contribution < -0.4 is 15.5 Å². The number of anilines is 2. The number of piperidine rings is 1. The Labute approximate surface area is 236 Å². The predicted octanol–water partition coefficient (Wildman–Crippen LogP) is 2.60. The molecule has 40 heavy (non-hydrogen) atoms. The molecule has 10 nitrogen and oxygen atoms in total. The van der Waals surface area contributed by atoms with Crippen LogP contribution in [0.2, 0.25) is 0 Å². The van der Waals surface area contributed by atoms with Crippen molar-refractivity contribution in [2.75, 3.05) is 56.1 Å². The first kappa shape index (κ1) is 29.3. The van der Waals surface area contributed by atoms with Crippen LogP contribution in [0.4, 0.5) is 11.5 Å². The van der Waals surface area contributed by atoms with Crippen molar-refractivity contribution in [3.8, 4) is 0 Å². The summed E-state index contributed by atoms with van der Waals surface area (Å²) in [6.07, 6.45) is 3.66. The van der Waals surface area contributed by atoms with Gasteiger partial charge in [0.05, 0.1) is 18.3 Å². The Morgan fingerprint density at radius 2 is 1.50 bits per heavy atom. The molecular formula is C30H42N6O4. The van der Waals surface area contributed by atoms with Crippen LogP contribution >= 0.6 is 0 Å². The van der Waals surface area contributed by atoms with Crippen LogP contribution in [0.1, 0.15) is 60.7 Å². The average Bonchev–Trinajstić information content (AvgIpc) is 2.99. The first-order chi connectivity index (χ1) is 19.3. The lowest BCUT2D eigenvalue weighted by molar-refractivity contribution is -0.127. The highest BCUT2D eigenvalue weighted by Gasteiger charge is 2.29. The summed E-state index contributed by atoms with van der Waals surface area (Å²) < 4.78 is 0. The summed E-state index contributed by atoms with van der Waals surface area (Å²) in [6, 6.07) is 10.9. The standard InChI is InChI=1S/C30H42N6O4/c1-4-25(20-37)33-28(38)22-11-14-35(15-12-22)29(39)23-7-9-24(10-8-23)30(40)36-18-16-34(17-19-36)27-26(32-21(2)3)6-5-13-31-27/h5-10,13,21-22,25,32,37H,4,11-12,14-20H2,1-3H3,(H,33,38)/t25-/m1/s1. The van der Waals surface area contributed by atoms with Gasteiger partial charge < -0.3 is 30.4 Å². The van der Waals surface area contributed by atoms with Gasteiger partial charge in [0, 0.05) is 68.6 Å². The van der Waals surface area contributed by atoms with Crippen molar-refractivity contribution in [3.63, 3.8) is 0 Å². The molecule has 2 aromatic rings. The van der Waals surface area contributed by atoms with E-state index in [9.17, 15) is 19.5 Å². The van der Waals surface area contributed by atoms with Crippen molar-refractivity contribution in [1.29, 1.82) is 0 Å². The summed E-state index contributed by atoms with van der Waals surface area (Å²) in [4.78, 5) is 49.1. The number of hydrogen-bond donors (Lipinski definition) is 3. The third-order valence-corrected chi connectivity index (χ3v) is 7.69. The highest BCUT2D eigenvalue weighted by molar-refractivity contribution is 5.98. The molecule has 0 radical (unpaired) electrons. The zero-order valence-corrected chi connectivity index (χ0v) is 23.8. The number of benzene rings is 1. The van der Waals surface area contributed by atoms with Gasteiger partial charge in [0.2, 0.25) is 5.91 Å². The maximum atomic E-state index is 13.2. The van der Waals surface area contributed by atoms with Crippen molar-refractivity contribution in [2.24, 2.45) is 5.92 Å². The highest BCUT2D eigenvalue weighted by atomic mass is 16.3. The number of aromatic nitrogens is 1. The molecular weight excluding hydrogens is 508 g/mol. The number of carbonyl (C=O) groups excluding carboxylic acids is 3. The third-order valence-electron chi connectivity index (χ3n) is 7.69. The number of aliphatic hydroxyl groups is 1. The zero-order valence-electron chi connectivity index (χ0n) is 23.8.